The number of pyridine rings is 1. The molecule has 0 bridgehead atoms. The largest absolute Gasteiger partial charge is 0.412 e. The zero-order chi connectivity index (χ0) is 26.8. The van der Waals surface area contributed by atoms with Crippen molar-refractivity contribution in [3.63, 3.8) is 0 Å². The SMILES string of the molecule is COn1c(=O)c(-c2c(Cl)cccc2Cl)cc2cnc(Nc3ccc(CN4CCN(C(C)C)CC4)cc3)nc21. The molecule has 1 aliphatic rings. The Kier molecular flexibility index (Phi) is 7.85. The second-order valence-corrected chi connectivity index (χ2v) is 10.5. The van der Waals surface area contributed by atoms with Crippen molar-refractivity contribution < 1.29 is 4.84 Å². The number of aromatic nitrogens is 3. The first-order valence-corrected chi connectivity index (χ1v) is 13.3. The maximum absolute atomic E-state index is 13.3. The Hall–Kier alpha value is -3.17. The average molecular weight is 553 g/mol. The summed E-state index contributed by atoms with van der Waals surface area (Å²) in [7, 11) is 1.41. The van der Waals surface area contributed by atoms with Gasteiger partial charge in [0.05, 0.1) is 15.6 Å². The highest BCUT2D eigenvalue weighted by Crippen LogP contribution is 2.33. The summed E-state index contributed by atoms with van der Waals surface area (Å²) in [6, 6.07) is 15.6. The molecule has 3 heterocycles. The van der Waals surface area contributed by atoms with Crippen LogP contribution in [0.15, 0.2) is 59.5 Å². The van der Waals surface area contributed by atoms with Gasteiger partial charge in [-0.25, -0.2) is 4.98 Å². The summed E-state index contributed by atoms with van der Waals surface area (Å²) < 4.78 is 1.12. The lowest BCUT2D eigenvalue weighted by Gasteiger charge is -2.36. The number of benzene rings is 2. The van der Waals surface area contributed by atoms with Gasteiger partial charge < -0.3 is 10.2 Å². The standard InChI is InChI=1S/C28H30Cl2N6O2/c1-18(2)35-13-11-34(12-14-35)17-19-7-9-21(10-8-19)32-28-31-16-20-15-22(25-23(29)5-4-6-24(25)30)27(37)36(38-3)26(20)33-28/h4-10,15-16,18H,11-14,17H2,1-3H3,(H,31,32,33). The predicted octanol–water partition coefficient (Wildman–Crippen LogP) is 5.09. The Morgan fingerprint density at radius 2 is 1.71 bits per heavy atom. The lowest BCUT2D eigenvalue weighted by Crippen LogP contribution is -2.48. The lowest BCUT2D eigenvalue weighted by atomic mass is 10.1. The molecule has 4 aromatic rings. The number of nitrogens with zero attached hydrogens (tertiary/aromatic N) is 5. The van der Waals surface area contributed by atoms with Gasteiger partial charge in [-0.3, -0.25) is 14.6 Å². The minimum Gasteiger partial charge on any atom is -0.412 e. The van der Waals surface area contributed by atoms with Crippen LogP contribution in [0.1, 0.15) is 19.4 Å². The zero-order valence-electron chi connectivity index (χ0n) is 21.6. The molecule has 0 radical (unpaired) electrons. The van der Waals surface area contributed by atoms with Gasteiger partial charge in [-0.1, -0.05) is 41.4 Å². The topological polar surface area (TPSA) is 75.5 Å². The van der Waals surface area contributed by atoms with Crippen LogP contribution in [0.25, 0.3) is 22.2 Å². The third kappa shape index (κ3) is 5.49. The van der Waals surface area contributed by atoms with E-state index in [4.69, 9.17) is 28.0 Å². The minimum atomic E-state index is -0.418. The van der Waals surface area contributed by atoms with Crippen molar-refractivity contribution in [2.45, 2.75) is 26.4 Å². The summed E-state index contributed by atoms with van der Waals surface area (Å²) in [5, 5.41) is 4.58. The maximum Gasteiger partial charge on any atom is 0.293 e. The normalized spacial score (nSPS) is 14.8. The summed E-state index contributed by atoms with van der Waals surface area (Å²) in [6.07, 6.45) is 1.64. The molecule has 0 aliphatic carbocycles. The van der Waals surface area contributed by atoms with E-state index in [9.17, 15) is 4.79 Å². The number of rotatable bonds is 7. The van der Waals surface area contributed by atoms with E-state index in [1.54, 1.807) is 30.5 Å². The van der Waals surface area contributed by atoms with Crippen LogP contribution in [0.4, 0.5) is 11.6 Å². The fourth-order valence-electron chi connectivity index (χ4n) is 4.75. The predicted molar refractivity (Wildman–Crippen MR) is 153 cm³/mol. The fraction of sp³-hybridized carbons (Fsp3) is 0.321. The molecular formula is C28H30Cl2N6O2. The first-order valence-electron chi connectivity index (χ1n) is 12.6. The third-order valence-electron chi connectivity index (χ3n) is 6.87. The molecule has 1 N–H and O–H groups in total. The zero-order valence-corrected chi connectivity index (χ0v) is 23.1. The van der Waals surface area contributed by atoms with E-state index < -0.39 is 5.56 Å². The summed E-state index contributed by atoms with van der Waals surface area (Å²) in [6.45, 7) is 9.80. The van der Waals surface area contributed by atoms with Gasteiger partial charge in [0.25, 0.3) is 5.56 Å². The number of nitrogens with one attached hydrogen (secondary N) is 1. The Balaban J connectivity index is 1.35. The summed E-state index contributed by atoms with van der Waals surface area (Å²) in [5.41, 5.74) is 2.77. The van der Waals surface area contributed by atoms with Crippen molar-refractivity contribution in [1.29, 1.82) is 0 Å². The second-order valence-electron chi connectivity index (χ2n) is 9.64. The number of hydrogen-bond donors (Lipinski definition) is 1. The van der Waals surface area contributed by atoms with Crippen LogP contribution in [0.2, 0.25) is 10.0 Å². The number of halogens is 2. The van der Waals surface area contributed by atoms with Gasteiger partial charge >= 0.3 is 0 Å². The van der Waals surface area contributed by atoms with Crippen molar-refractivity contribution in [2.24, 2.45) is 0 Å². The molecule has 2 aromatic heterocycles. The summed E-state index contributed by atoms with van der Waals surface area (Å²) in [4.78, 5) is 32.7. The number of fused-ring (bicyclic) bond motifs is 1. The van der Waals surface area contributed by atoms with Crippen LogP contribution in [0, 0.1) is 0 Å². The highest BCUT2D eigenvalue weighted by molar-refractivity contribution is 6.39. The van der Waals surface area contributed by atoms with Crippen molar-refractivity contribution in [3.05, 3.63) is 80.7 Å². The van der Waals surface area contributed by atoms with Gasteiger partial charge in [-0.15, -0.1) is 4.73 Å². The van der Waals surface area contributed by atoms with Gasteiger partial charge in [-0.05, 0) is 49.7 Å². The van der Waals surface area contributed by atoms with Crippen molar-refractivity contribution >= 4 is 45.9 Å². The van der Waals surface area contributed by atoms with E-state index >= 15 is 0 Å². The van der Waals surface area contributed by atoms with E-state index in [0.29, 0.717) is 44.2 Å². The molecule has 0 atom stereocenters. The van der Waals surface area contributed by atoms with Gasteiger partial charge in [0.15, 0.2) is 5.65 Å². The lowest BCUT2D eigenvalue weighted by molar-refractivity contribution is 0.104. The van der Waals surface area contributed by atoms with E-state index in [2.05, 4.69) is 51.1 Å². The maximum atomic E-state index is 13.3. The van der Waals surface area contributed by atoms with E-state index in [0.717, 1.165) is 43.1 Å². The Morgan fingerprint density at radius 1 is 1.03 bits per heavy atom. The molecule has 1 aliphatic heterocycles. The summed E-state index contributed by atoms with van der Waals surface area (Å²) in [5.74, 6) is 0.351. The van der Waals surface area contributed by atoms with Crippen molar-refractivity contribution in [1.82, 2.24) is 24.5 Å². The monoisotopic (exact) mass is 552 g/mol. The quantitative estimate of drug-likeness (QED) is 0.342. The molecule has 1 fully saturated rings. The smallest absolute Gasteiger partial charge is 0.293 e. The fourth-order valence-corrected chi connectivity index (χ4v) is 5.35. The average Bonchev–Trinajstić information content (AvgIpc) is 2.90. The number of hydrogen-bond acceptors (Lipinski definition) is 7. The highest BCUT2D eigenvalue weighted by atomic mass is 35.5. The second kappa shape index (κ2) is 11.3. The number of anilines is 2. The molecule has 5 rings (SSSR count). The molecule has 0 saturated carbocycles. The van der Waals surface area contributed by atoms with Gasteiger partial charge in [0.1, 0.15) is 7.11 Å². The van der Waals surface area contributed by atoms with Crippen molar-refractivity contribution in [2.75, 3.05) is 38.6 Å². The number of piperazine rings is 1. The first kappa shape index (κ1) is 26.4. The molecule has 0 amide bonds. The van der Waals surface area contributed by atoms with Gasteiger partial charge in [0.2, 0.25) is 5.95 Å². The summed E-state index contributed by atoms with van der Waals surface area (Å²) >= 11 is 12.7. The molecule has 8 nitrogen and oxygen atoms in total. The third-order valence-corrected chi connectivity index (χ3v) is 7.50. The molecule has 0 unspecified atom stereocenters. The van der Waals surface area contributed by atoms with Crippen LogP contribution in [0.3, 0.4) is 0 Å². The molecule has 10 heteroatoms. The van der Waals surface area contributed by atoms with Crippen LogP contribution in [0.5, 0.6) is 0 Å². The minimum absolute atomic E-state index is 0.306. The molecule has 2 aromatic carbocycles. The molecule has 198 valence electrons. The van der Waals surface area contributed by atoms with E-state index in [1.165, 1.54) is 12.7 Å². The highest BCUT2D eigenvalue weighted by Gasteiger charge is 2.20. The molecule has 0 spiro atoms. The Morgan fingerprint density at radius 3 is 2.34 bits per heavy atom. The molecular weight excluding hydrogens is 523 g/mol. The van der Waals surface area contributed by atoms with E-state index in [-0.39, 0.29) is 0 Å². The van der Waals surface area contributed by atoms with Gasteiger partial charge in [0, 0.05) is 61.6 Å². The first-order chi connectivity index (χ1) is 18.3. The molecule has 1 saturated heterocycles. The van der Waals surface area contributed by atoms with Crippen LogP contribution >= 0.6 is 23.2 Å². The Labute approximate surface area is 231 Å². The van der Waals surface area contributed by atoms with Crippen molar-refractivity contribution in [3.8, 4) is 11.1 Å². The van der Waals surface area contributed by atoms with Crippen LogP contribution < -0.4 is 15.7 Å². The Bertz CT molecular complexity index is 1480. The molecule has 38 heavy (non-hydrogen) atoms. The van der Waals surface area contributed by atoms with Crippen LogP contribution in [-0.4, -0.2) is 63.8 Å². The van der Waals surface area contributed by atoms with Crippen LogP contribution in [-0.2, 0) is 6.54 Å². The van der Waals surface area contributed by atoms with Gasteiger partial charge in [-0.2, -0.15) is 4.98 Å². The van der Waals surface area contributed by atoms with E-state index in [1.807, 2.05) is 12.1 Å².